The number of sulfonamides is 1. The molecule has 2 rings (SSSR count). The van der Waals surface area contributed by atoms with Crippen LogP contribution in [0.25, 0.3) is 0 Å². The molecule has 7 heteroatoms. The largest absolute Gasteiger partial charge is 0.330 e. The predicted molar refractivity (Wildman–Crippen MR) is 86.1 cm³/mol. The number of anilines is 1. The van der Waals surface area contributed by atoms with E-state index in [2.05, 4.69) is 0 Å². The van der Waals surface area contributed by atoms with E-state index in [1.807, 2.05) is 6.92 Å². The number of hydrogen-bond donors (Lipinski definition) is 1. The van der Waals surface area contributed by atoms with Crippen LogP contribution in [0.1, 0.15) is 20.3 Å². The van der Waals surface area contributed by atoms with Gasteiger partial charge in [0.15, 0.2) is 0 Å². The number of nitrogens with zero attached hydrogens (tertiary/aromatic N) is 2. The van der Waals surface area contributed by atoms with E-state index in [4.69, 9.17) is 5.73 Å². The summed E-state index contributed by atoms with van der Waals surface area (Å²) in [6.45, 7) is 4.88. The van der Waals surface area contributed by atoms with Gasteiger partial charge in [-0.15, -0.1) is 0 Å². The lowest BCUT2D eigenvalue weighted by atomic mass is 9.90. The third-order valence-corrected chi connectivity index (χ3v) is 6.21. The maximum absolute atomic E-state index is 12.7. The van der Waals surface area contributed by atoms with Gasteiger partial charge in [-0.25, -0.2) is 8.42 Å². The molecule has 1 saturated heterocycles. The Hall–Kier alpha value is -1.44. The zero-order valence-electron chi connectivity index (χ0n) is 13.2. The van der Waals surface area contributed by atoms with Crippen molar-refractivity contribution in [3.8, 4) is 0 Å². The molecule has 1 amide bonds. The lowest BCUT2D eigenvalue weighted by molar-refractivity contribution is -0.116. The van der Waals surface area contributed by atoms with Crippen molar-refractivity contribution in [3.05, 3.63) is 24.3 Å². The highest BCUT2D eigenvalue weighted by molar-refractivity contribution is 7.89. The Morgan fingerprint density at radius 3 is 2.41 bits per heavy atom. The van der Waals surface area contributed by atoms with Crippen molar-refractivity contribution in [2.45, 2.75) is 25.2 Å². The van der Waals surface area contributed by atoms with Crippen LogP contribution in [0.4, 0.5) is 5.69 Å². The molecule has 1 fully saturated rings. The highest BCUT2D eigenvalue weighted by Crippen LogP contribution is 2.32. The SMILES string of the molecule is CC(=O)N(C)c1ccc(S(=O)(=O)N2CCC(C)(CN)C2)cc1. The van der Waals surface area contributed by atoms with Crippen molar-refractivity contribution in [1.82, 2.24) is 4.31 Å². The quantitative estimate of drug-likeness (QED) is 0.896. The highest BCUT2D eigenvalue weighted by Gasteiger charge is 2.38. The first kappa shape index (κ1) is 16.9. The summed E-state index contributed by atoms with van der Waals surface area (Å²) in [5, 5.41) is 0. The number of hydrogen-bond acceptors (Lipinski definition) is 4. The summed E-state index contributed by atoms with van der Waals surface area (Å²) in [5.74, 6) is -0.103. The van der Waals surface area contributed by atoms with Crippen LogP contribution in [0.3, 0.4) is 0 Å². The molecule has 0 saturated carbocycles. The Morgan fingerprint density at radius 1 is 1.36 bits per heavy atom. The lowest BCUT2D eigenvalue weighted by Crippen LogP contribution is -2.34. The first-order chi connectivity index (χ1) is 10.2. The molecule has 1 aliphatic heterocycles. The molecule has 0 spiro atoms. The standard InChI is InChI=1S/C15H23N3O3S/c1-12(19)17(3)13-4-6-14(7-5-13)22(20,21)18-9-8-15(2,10-16)11-18/h4-7H,8-11,16H2,1-3H3. The molecule has 22 heavy (non-hydrogen) atoms. The second kappa shape index (κ2) is 5.98. The van der Waals surface area contributed by atoms with Gasteiger partial charge in [0.2, 0.25) is 15.9 Å². The number of benzene rings is 1. The molecule has 6 nitrogen and oxygen atoms in total. The van der Waals surface area contributed by atoms with Crippen molar-refractivity contribution in [2.75, 3.05) is 31.6 Å². The van der Waals surface area contributed by atoms with Crippen molar-refractivity contribution in [3.63, 3.8) is 0 Å². The number of amides is 1. The van der Waals surface area contributed by atoms with Crippen LogP contribution in [-0.4, -0.2) is 45.3 Å². The van der Waals surface area contributed by atoms with E-state index in [0.717, 1.165) is 6.42 Å². The minimum absolute atomic E-state index is 0.103. The van der Waals surface area contributed by atoms with Crippen LogP contribution >= 0.6 is 0 Å². The third kappa shape index (κ3) is 3.16. The molecule has 0 aliphatic carbocycles. The Kier molecular flexibility index (Phi) is 4.60. The molecule has 1 heterocycles. The molecular formula is C15H23N3O3S. The summed E-state index contributed by atoms with van der Waals surface area (Å²) >= 11 is 0. The molecule has 1 unspecified atom stereocenters. The van der Waals surface area contributed by atoms with Crippen molar-refractivity contribution >= 4 is 21.6 Å². The molecule has 0 bridgehead atoms. The summed E-state index contributed by atoms with van der Waals surface area (Å²) in [4.78, 5) is 13.0. The van der Waals surface area contributed by atoms with Crippen LogP contribution in [-0.2, 0) is 14.8 Å². The van der Waals surface area contributed by atoms with Gasteiger partial charge >= 0.3 is 0 Å². The Morgan fingerprint density at radius 2 is 1.95 bits per heavy atom. The molecule has 0 radical (unpaired) electrons. The minimum Gasteiger partial charge on any atom is -0.330 e. The average molecular weight is 325 g/mol. The normalized spacial score (nSPS) is 22.7. The number of nitrogens with two attached hydrogens (primary N) is 1. The Labute approximate surface area is 131 Å². The number of carbonyl (C=O) groups is 1. The summed E-state index contributed by atoms with van der Waals surface area (Å²) in [6.07, 6.45) is 0.772. The van der Waals surface area contributed by atoms with E-state index < -0.39 is 10.0 Å². The molecule has 1 aliphatic rings. The summed E-state index contributed by atoms with van der Waals surface area (Å²) in [6, 6.07) is 6.38. The maximum atomic E-state index is 12.7. The summed E-state index contributed by atoms with van der Waals surface area (Å²) in [5.41, 5.74) is 6.25. The van der Waals surface area contributed by atoms with Gasteiger partial charge < -0.3 is 10.6 Å². The highest BCUT2D eigenvalue weighted by atomic mass is 32.2. The third-order valence-electron chi connectivity index (χ3n) is 4.35. The summed E-state index contributed by atoms with van der Waals surface area (Å²) in [7, 11) is -1.86. The number of carbonyl (C=O) groups excluding carboxylic acids is 1. The van der Waals surface area contributed by atoms with Gasteiger partial charge in [0.25, 0.3) is 0 Å². The zero-order valence-corrected chi connectivity index (χ0v) is 14.1. The van der Waals surface area contributed by atoms with Gasteiger partial charge in [-0.3, -0.25) is 4.79 Å². The molecular weight excluding hydrogens is 302 g/mol. The van der Waals surface area contributed by atoms with E-state index in [1.165, 1.54) is 16.1 Å². The van der Waals surface area contributed by atoms with Crippen LogP contribution in [0.2, 0.25) is 0 Å². The fourth-order valence-corrected chi connectivity index (χ4v) is 4.11. The number of rotatable bonds is 4. The van der Waals surface area contributed by atoms with E-state index >= 15 is 0 Å². The first-order valence-electron chi connectivity index (χ1n) is 7.24. The van der Waals surface area contributed by atoms with Crippen molar-refractivity contribution in [1.29, 1.82) is 0 Å². The smallest absolute Gasteiger partial charge is 0.243 e. The second-order valence-electron chi connectivity index (χ2n) is 6.18. The van der Waals surface area contributed by atoms with Gasteiger partial charge in [0.05, 0.1) is 4.90 Å². The van der Waals surface area contributed by atoms with Gasteiger partial charge in [-0.2, -0.15) is 4.31 Å². The molecule has 1 aromatic rings. The van der Waals surface area contributed by atoms with Crippen LogP contribution in [0.15, 0.2) is 29.2 Å². The molecule has 122 valence electrons. The average Bonchev–Trinajstić information content (AvgIpc) is 2.90. The van der Waals surface area contributed by atoms with E-state index in [1.54, 1.807) is 31.3 Å². The maximum Gasteiger partial charge on any atom is 0.243 e. The fourth-order valence-electron chi connectivity index (χ4n) is 2.52. The van der Waals surface area contributed by atoms with Crippen LogP contribution < -0.4 is 10.6 Å². The molecule has 2 N–H and O–H groups in total. The molecule has 1 aromatic carbocycles. The predicted octanol–water partition coefficient (Wildman–Crippen LogP) is 1.03. The van der Waals surface area contributed by atoms with Crippen molar-refractivity contribution < 1.29 is 13.2 Å². The monoisotopic (exact) mass is 325 g/mol. The summed E-state index contributed by atoms with van der Waals surface area (Å²) < 4.78 is 26.8. The van der Waals surface area contributed by atoms with Gasteiger partial charge in [0, 0.05) is 32.7 Å². The molecule has 1 atom stereocenters. The lowest BCUT2D eigenvalue weighted by Gasteiger charge is -2.22. The zero-order chi connectivity index (χ0) is 16.5. The van der Waals surface area contributed by atoms with Gasteiger partial charge in [-0.05, 0) is 42.6 Å². The van der Waals surface area contributed by atoms with E-state index in [-0.39, 0.29) is 16.2 Å². The molecule has 0 aromatic heterocycles. The van der Waals surface area contributed by atoms with E-state index in [0.29, 0.717) is 25.3 Å². The van der Waals surface area contributed by atoms with Crippen LogP contribution in [0, 0.1) is 5.41 Å². The topological polar surface area (TPSA) is 83.7 Å². The Balaban J connectivity index is 2.22. The second-order valence-corrected chi connectivity index (χ2v) is 8.11. The van der Waals surface area contributed by atoms with Gasteiger partial charge in [0.1, 0.15) is 0 Å². The van der Waals surface area contributed by atoms with Crippen LogP contribution in [0.5, 0.6) is 0 Å². The first-order valence-corrected chi connectivity index (χ1v) is 8.68. The van der Waals surface area contributed by atoms with Crippen molar-refractivity contribution in [2.24, 2.45) is 11.1 Å². The van der Waals surface area contributed by atoms with E-state index in [9.17, 15) is 13.2 Å². The Bertz CT molecular complexity index is 657. The fraction of sp³-hybridized carbons (Fsp3) is 0.533. The van der Waals surface area contributed by atoms with Gasteiger partial charge in [-0.1, -0.05) is 6.92 Å². The minimum atomic E-state index is -3.51.